The molecule has 0 fully saturated rings. The predicted molar refractivity (Wildman–Crippen MR) is 72.4 cm³/mol. The van der Waals surface area contributed by atoms with Crippen LogP contribution in [0.1, 0.15) is 32.4 Å². The van der Waals surface area contributed by atoms with Crippen LogP contribution in [0.2, 0.25) is 0 Å². The number of rotatable bonds is 7. The van der Waals surface area contributed by atoms with E-state index in [1.807, 2.05) is 18.2 Å². The molecule has 0 amide bonds. The van der Waals surface area contributed by atoms with E-state index >= 15 is 0 Å². The first-order chi connectivity index (χ1) is 8.71. The molecule has 0 aliphatic carbocycles. The van der Waals surface area contributed by atoms with Gasteiger partial charge < -0.3 is 10.9 Å². The lowest BCUT2D eigenvalue weighted by Gasteiger charge is -2.29. The SMILES string of the molecule is CCC(CC(N)=NO)N(CC)Cc1ccccn1. The van der Waals surface area contributed by atoms with Gasteiger partial charge in [-0.1, -0.05) is 25.1 Å². The number of aromatic nitrogens is 1. The minimum Gasteiger partial charge on any atom is -0.409 e. The Hall–Kier alpha value is -1.62. The summed E-state index contributed by atoms with van der Waals surface area (Å²) in [7, 11) is 0. The lowest BCUT2D eigenvalue weighted by atomic mass is 10.1. The van der Waals surface area contributed by atoms with Gasteiger partial charge in [0.2, 0.25) is 0 Å². The topological polar surface area (TPSA) is 74.7 Å². The molecule has 0 radical (unpaired) electrons. The van der Waals surface area contributed by atoms with Crippen molar-refractivity contribution < 1.29 is 5.21 Å². The second-order valence-electron chi connectivity index (χ2n) is 4.24. The minimum absolute atomic E-state index is 0.271. The van der Waals surface area contributed by atoms with Crippen molar-refractivity contribution in [3.63, 3.8) is 0 Å². The van der Waals surface area contributed by atoms with E-state index in [4.69, 9.17) is 10.9 Å². The summed E-state index contributed by atoms with van der Waals surface area (Å²) >= 11 is 0. The molecule has 1 aromatic heterocycles. The van der Waals surface area contributed by atoms with Crippen LogP contribution in [0.5, 0.6) is 0 Å². The molecule has 3 N–H and O–H groups in total. The lowest BCUT2D eigenvalue weighted by Crippen LogP contribution is -2.37. The van der Waals surface area contributed by atoms with Gasteiger partial charge in [-0.05, 0) is 25.1 Å². The molecule has 0 aliphatic heterocycles. The quantitative estimate of drug-likeness (QED) is 0.335. The molecule has 18 heavy (non-hydrogen) atoms. The monoisotopic (exact) mass is 250 g/mol. The van der Waals surface area contributed by atoms with E-state index in [2.05, 4.69) is 28.9 Å². The highest BCUT2D eigenvalue weighted by atomic mass is 16.4. The zero-order chi connectivity index (χ0) is 13.4. The van der Waals surface area contributed by atoms with Crippen molar-refractivity contribution in [2.45, 2.75) is 39.3 Å². The summed E-state index contributed by atoms with van der Waals surface area (Å²) in [5, 5.41) is 11.7. The highest BCUT2D eigenvalue weighted by Gasteiger charge is 2.17. The molecule has 0 saturated carbocycles. The van der Waals surface area contributed by atoms with Crippen LogP contribution in [0, 0.1) is 0 Å². The van der Waals surface area contributed by atoms with Gasteiger partial charge >= 0.3 is 0 Å². The molecule has 0 spiro atoms. The van der Waals surface area contributed by atoms with Crippen LogP contribution < -0.4 is 5.73 Å². The number of hydrogen-bond acceptors (Lipinski definition) is 4. The van der Waals surface area contributed by atoms with Gasteiger partial charge in [-0.3, -0.25) is 9.88 Å². The highest BCUT2D eigenvalue weighted by Crippen LogP contribution is 2.12. The van der Waals surface area contributed by atoms with Crippen molar-refractivity contribution >= 4 is 5.84 Å². The van der Waals surface area contributed by atoms with Crippen molar-refractivity contribution in [2.75, 3.05) is 6.54 Å². The first-order valence-corrected chi connectivity index (χ1v) is 6.31. The number of nitrogens with two attached hydrogens (primary N) is 1. The summed E-state index contributed by atoms with van der Waals surface area (Å²) in [6.07, 6.45) is 3.33. The maximum atomic E-state index is 8.66. The van der Waals surface area contributed by atoms with Gasteiger partial charge in [-0.2, -0.15) is 0 Å². The Bertz CT molecular complexity index is 367. The Morgan fingerprint density at radius 2 is 2.28 bits per heavy atom. The molecular formula is C13H22N4O. The number of oxime groups is 1. The predicted octanol–water partition coefficient (Wildman–Crippen LogP) is 1.82. The van der Waals surface area contributed by atoms with Gasteiger partial charge in [0.15, 0.2) is 0 Å². The van der Waals surface area contributed by atoms with Crippen LogP contribution in [-0.4, -0.2) is 33.5 Å². The van der Waals surface area contributed by atoms with E-state index in [1.165, 1.54) is 0 Å². The van der Waals surface area contributed by atoms with Gasteiger partial charge in [0, 0.05) is 25.2 Å². The molecule has 100 valence electrons. The molecular weight excluding hydrogens is 228 g/mol. The van der Waals surface area contributed by atoms with Crippen LogP contribution in [0.25, 0.3) is 0 Å². The van der Waals surface area contributed by atoms with E-state index in [0.717, 1.165) is 25.2 Å². The summed E-state index contributed by atoms with van der Waals surface area (Å²) in [6.45, 7) is 5.91. The summed E-state index contributed by atoms with van der Waals surface area (Å²) in [5.41, 5.74) is 6.63. The van der Waals surface area contributed by atoms with Crippen LogP contribution in [0.15, 0.2) is 29.6 Å². The van der Waals surface area contributed by atoms with E-state index in [9.17, 15) is 0 Å². The van der Waals surface area contributed by atoms with Crippen molar-refractivity contribution in [2.24, 2.45) is 10.9 Å². The number of hydrogen-bond donors (Lipinski definition) is 2. The molecule has 1 atom stereocenters. The molecule has 1 aromatic rings. The largest absolute Gasteiger partial charge is 0.409 e. The first-order valence-electron chi connectivity index (χ1n) is 6.31. The first kappa shape index (κ1) is 14.4. The second-order valence-corrected chi connectivity index (χ2v) is 4.24. The lowest BCUT2D eigenvalue weighted by molar-refractivity contribution is 0.192. The van der Waals surface area contributed by atoms with Crippen LogP contribution in [0.3, 0.4) is 0 Å². The summed E-state index contributed by atoms with van der Waals surface area (Å²) in [6, 6.07) is 6.18. The Labute approximate surface area is 108 Å². The van der Waals surface area contributed by atoms with Gasteiger partial charge in [0.05, 0.1) is 5.69 Å². The standard InChI is InChI=1S/C13H22N4O/c1-3-12(9-13(14)16-18)17(4-2)10-11-7-5-6-8-15-11/h5-8,12,18H,3-4,9-10H2,1-2H3,(H2,14,16). The summed E-state index contributed by atoms with van der Waals surface area (Å²) in [5.74, 6) is 0.279. The summed E-state index contributed by atoms with van der Waals surface area (Å²) in [4.78, 5) is 6.62. The highest BCUT2D eigenvalue weighted by molar-refractivity contribution is 5.80. The molecule has 1 unspecified atom stereocenters. The van der Waals surface area contributed by atoms with Crippen molar-refractivity contribution in [3.05, 3.63) is 30.1 Å². The molecule has 1 rings (SSSR count). The van der Waals surface area contributed by atoms with Crippen molar-refractivity contribution in [1.29, 1.82) is 0 Å². The zero-order valence-electron chi connectivity index (χ0n) is 11.1. The molecule has 0 bridgehead atoms. The maximum Gasteiger partial charge on any atom is 0.140 e. The zero-order valence-corrected chi connectivity index (χ0v) is 11.1. The average Bonchev–Trinajstić information content (AvgIpc) is 2.43. The van der Waals surface area contributed by atoms with Crippen LogP contribution in [-0.2, 0) is 6.54 Å². The van der Waals surface area contributed by atoms with E-state index in [0.29, 0.717) is 6.42 Å². The fraction of sp³-hybridized carbons (Fsp3) is 0.538. The third-order valence-corrected chi connectivity index (χ3v) is 3.06. The van der Waals surface area contributed by atoms with Gasteiger partial charge in [-0.25, -0.2) is 0 Å². The third kappa shape index (κ3) is 4.33. The maximum absolute atomic E-state index is 8.66. The van der Waals surface area contributed by atoms with E-state index in [-0.39, 0.29) is 11.9 Å². The number of pyridine rings is 1. The fourth-order valence-electron chi connectivity index (χ4n) is 2.01. The second kappa shape index (κ2) is 7.66. The molecule has 5 heteroatoms. The van der Waals surface area contributed by atoms with E-state index in [1.54, 1.807) is 6.20 Å². The van der Waals surface area contributed by atoms with Gasteiger partial charge in [0.1, 0.15) is 5.84 Å². The fourth-order valence-corrected chi connectivity index (χ4v) is 2.01. The Morgan fingerprint density at radius 1 is 1.50 bits per heavy atom. The van der Waals surface area contributed by atoms with Gasteiger partial charge in [-0.15, -0.1) is 0 Å². The van der Waals surface area contributed by atoms with Gasteiger partial charge in [0.25, 0.3) is 0 Å². The Balaban J connectivity index is 2.68. The Morgan fingerprint density at radius 3 is 2.78 bits per heavy atom. The van der Waals surface area contributed by atoms with Crippen molar-refractivity contribution in [1.82, 2.24) is 9.88 Å². The number of amidine groups is 1. The van der Waals surface area contributed by atoms with Crippen LogP contribution >= 0.6 is 0 Å². The average molecular weight is 250 g/mol. The summed E-state index contributed by atoms with van der Waals surface area (Å²) < 4.78 is 0. The molecule has 0 aromatic carbocycles. The third-order valence-electron chi connectivity index (χ3n) is 3.06. The molecule has 0 saturated heterocycles. The van der Waals surface area contributed by atoms with Crippen molar-refractivity contribution in [3.8, 4) is 0 Å². The molecule has 1 heterocycles. The molecule has 5 nitrogen and oxygen atoms in total. The smallest absolute Gasteiger partial charge is 0.140 e. The van der Waals surface area contributed by atoms with E-state index < -0.39 is 0 Å². The Kier molecular flexibility index (Phi) is 6.14. The number of nitrogens with zero attached hydrogens (tertiary/aromatic N) is 3. The normalized spacial score (nSPS) is 13.8. The minimum atomic E-state index is 0.271. The van der Waals surface area contributed by atoms with Crippen LogP contribution in [0.4, 0.5) is 0 Å². The molecule has 0 aliphatic rings.